The van der Waals surface area contributed by atoms with E-state index in [-0.39, 0.29) is 5.82 Å². The third kappa shape index (κ3) is 4.20. The Balaban J connectivity index is 1.47. The number of aryl methyl sites for hydroxylation is 2. The van der Waals surface area contributed by atoms with Crippen molar-refractivity contribution < 1.29 is 17.7 Å². The predicted octanol–water partition coefficient (Wildman–Crippen LogP) is 4.64. The van der Waals surface area contributed by atoms with Gasteiger partial charge in [0, 0.05) is 5.56 Å². The number of hydrogen-bond donors (Lipinski definition) is 0. The lowest BCUT2D eigenvalue weighted by atomic mass is 10.1. The van der Waals surface area contributed by atoms with Gasteiger partial charge >= 0.3 is 6.18 Å². The van der Waals surface area contributed by atoms with E-state index in [1.807, 2.05) is 32.0 Å². The molecule has 11 heteroatoms. The highest BCUT2D eigenvalue weighted by molar-refractivity contribution is 7.98. The van der Waals surface area contributed by atoms with Crippen LogP contribution in [0.5, 0.6) is 0 Å². The van der Waals surface area contributed by atoms with Crippen LogP contribution in [0.1, 0.15) is 22.6 Å². The Morgan fingerprint density at radius 3 is 2.50 bits per heavy atom. The average molecular weight is 432 g/mol. The summed E-state index contributed by atoms with van der Waals surface area (Å²) in [5.41, 5.74) is 2.83. The second kappa shape index (κ2) is 7.90. The molecule has 0 fully saturated rings. The second-order valence-corrected chi connectivity index (χ2v) is 7.46. The van der Waals surface area contributed by atoms with Gasteiger partial charge in [0.05, 0.1) is 17.0 Å². The summed E-state index contributed by atoms with van der Waals surface area (Å²) in [6.45, 7) is 4.04. The van der Waals surface area contributed by atoms with Crippen molar-refractivity contribution in [2.75, 3.05) is 0 Å². The van der Waals surface area contributed by atoms with Crippen molar-refractivity contribution in [1.82, 2.24) is 30.3 Å². The summed E-state index contributed by atoms with van der Waals surface area (Å²) in [5.74, 6) is 0.830. The van der Waals surface area contributed by atoms with Crippen LogP contribution in [0.2, 0.25) is 0 Å². The highest BCUT2D eigenvalue weighted by Crippen LogP contribution is 2.30. The standard InChI is InChI=1S/C19H15F3N6OS/c1-11-3-8-15(9-12(11)2)28-18(24-26-27-28)30-10-16-23-17(25-29-16)13-4-6-14(7-5-13)19(20,21)22/h3-9H,10H2,1-2H3. The van der Waals surface area contributed by atoms with Crippen LogP contribution in [0, 0.1) is 13.8 Å². The number of aromatic nitrogens is 6. The fourth-order valence-corrected chi connectivity index (χ4v) is 3.38. The van der Waals surface area contributed by atoms with Gasteiger partial charge in [0.2, 0.25) is 16.9 Å². The molecule has 0 amide bonds. The number of hydrogen-bond acceptors (Lipinski definition) is 7. The molecule has 0 spiro atoms. The number of benzene rings is 2. The Bertz CT molecular complexity index is 1170. The first-order valence-electron chi connectivity index (χ1n) is 8.80. The first-order valence-corrected chi connectivity index (χ1v) is 9.79. The molecule has 0 aliphatic carbocycles. The van der Waals surface area contributed by atoms with Gasteiger partial charge in [-0.2, -0.15) is 22.8 Å². The number of halogens is 3. The molecular formula is C19H15F3N6OS. The van der Waals surface area contributed by atoms with Crippen LogP contribution in [-0.2, 0) is 11.9 Å². The fourth-order valence-electron chi connectivity index (χ4n) is 2.65. The molecule has 0 atom stereocenters. The molecule has 30 heavy (non-hydrogen) atoms. The largest absolute Gasteiger partial charge is 0.416 e. The Morgan fingerprint density at radius 1 is 1.03 bits per heavy atom. The molecule has 7 nitrogen and oxygen atoms in total. The number of nitrogens with zero attached hydrogens (tertiary/aromatic N) is 6. The normalized spacial score (nSPS) is 11.8. The summed E-state index contributed by atoms with van der Waals surface area (Å²) in [4.78, 5) is 4.24. The topological polar surface area (TPSA) is 82.5 Å². The van der Waals surface area contributed by atoms with E-state index in [4.69, 9.17) is 4.52 Å². The van der Waals surface area contributed by atoms with Gasteiger partial charge in [-0.3, -0.25) is 0 Å². The summed E-state index contributed by atoms with van der Waals surface area (Å²) in [6, 6.07) is 10.5. The molecular weight excluding hydrogens is 417 g/mol. The Kier molecular flexibility index (Phi) is 5.29. The van der Waals surface area contributed by atoms with Crippen LogP contribution in [0.25, 0.3) is 17.1 Å². The Hall–Kier alpha value is -3.21. The minimum absolute atomic E-state index is 0.216. The third-order valence-electron chi connectivity index (χ3n) is 4.44. The summed E-state index contributed by atoms with van der Waals surface area (Å²) in [6.07, 6.45) is -4.39. The van der Waals surface area contributed by atoms with Gasteiger partial charge in [0.1, 0.15) is 0 Å². The maximum absolute atomic E-state index is 12.7. The molecule has 2 heterocycles. The molecule has 2 aromatic carbocycles. The highest BCUT2D eigenvalue weighted by Gasteiger charge is 2.30. The molecule has 0 N–H and O–H groups in total. The monoisotopic (exact) mass is 432 g/mol. The summed E-state index contributed by atoms with van der Waals surface area (Å²) in [7, 11) is 0. The van der Waals surface area contributed by atoms with Crippen LogP contribution in [-0.4, -0.2) is 30.3 Å². The molecule has 0 radical (unpaired) electrons. The zero-order chi connectivity index (χ0) is 21.3. The van der Waals surface area contributed by atoms with Crippen molar-refractivity contribution in [1.29, 1.82) is 0 Å². The van der Waals surface area contributed by atoms with Gasteiger partial charge in [-0.15, -0.1) is 5.10 Å². The summed E-state index contributed by atoms with van der Waals surface area (Å²) >= 11 is 1.31. The maximum atomic E-state index is 12.7. The minimum atomic E-state index is -4.39. The first kappa shape index (κ1) is 20.1. The molecule has 0 unspecified atom stereocenters. The molecule has 154 valence electrons. The van der Waals surface area contributed by atoms with Gasteiger partial charge in [-0.1, -0.05) is 35.1 Å². The van der Waals surface area contributed by atoms with Gasteiger partial charge in [0.25, 0.3) is 0 Å². The predicted molar refractivity (Wildman–Crippen MR) is 103 cm³/mol. The van der Waals surface area contributed by atoms with E-state index in [2.05, 4.69) is 25.7 Å². The molecule has 0 aliphatic rings. The zero-order valence-electron chi connectivity index (χ0n) is 15.9. The molecule has 4 aromatic rings. The van der Waals surface area contributed by atoms with E-state index in [9.17, 15) is 13.2 Å². The lowest BCUT2D eigenvalue weighted by molar-refractivity contribution is -0.137. The van der Waals surface area contributed by atoms with Gasteiger partial charge in [-0.05, 0) is 59.7 Å². The third-order valence-corrected chi connectivity index (χ3v) is 5.34. The zero-order valence-corrected chi connectivity index (χ0v) is 16.7. The van der Waals surface area contributed by atoms with Gasteiger partial charge in [0.15, 0.2) is 0 Å². The van der Waals surface area contributed by atoms with Crippen LogP contribution in [0.4, 0.5) is 13.2 Å². The lowest BCUT2D eigenvalue weighted by Gasteiger charge is -2.06. The van der Waals surface area contributed by atoms with Crippen molar-refractivity contribution in [2.24, 2.45) is 0 Å². The van der Waals surface area contributed by atoms with Crippen LogP contribution in [0.3, 0.4) is 0 Å². The van der Waals surface area contributed by atoms with Crippen LogP contribution < -0.4 is 0 Å². The second-order valence-electron chi connectivity index (χ2n) is 6.52. The molecule has 0 bridgehead atoms. The smallest absolute Gasteiger partial charge is 0.338 e. The Morgan fingerprint density at radius 2 is 1.80 bits per heavy atom. The highest BCUT2D eigenvalue weighted by atomic mass is 32.2. The summed E-state index contributed by atoms with van der Waals surface area (Å²) in [5, 5.41) is 16.2. The molecule has 0 aliphatic heterocycles. The van der Waals surface area contributed by atoms with Gasteiger partial charge in [-0.25, -0.2) is 0 Å². The first-order chi connectivity index (χ1) is 14.3. The van der Waals surface area contributed by atoms with E-state index in [0.29, 0.717) is 22.4 Å². The van der Waals surface area contributed by atoms with Crippen molar-refractivity contribution in [3.8, 4) is 17.1 Å². The van der Waals surface area contributed by atoms with E-state index in [1.165, 1.54) is 29.5 Å². The van der Waals surface area contributed by atoms with Crippen molar-refractivity contribution in [2.45, 2.75) is 30.9 Å². The van der Waals surface area contributed by atoms with Gasteiger partial charge < -0.3 is 4.52 Å². The molecule has 0 saturated carbocycles. The molecule has 2 aromatic heterocycles. The van der Waals surface area contributed by atoms with Crippen molar-refractivity contribution in [3.05, 3.63) is 65.0 Å². The van der Waals surface area contributed by atoms with E-state index < -0.39 is 11.7 Å². The molecule has 0 saturated heterocycles. The maximum Gasteiger partial charge on any atom is 0.416 e. The van der Waals surface area contributed by atoms with Crippen molar-refractivity contribution >= 4 is 11.8 Å². The fraction of sp³-hybridized carbons (Fsp3) is 0.211. The van der Waals surface area contributed by atoms with Crippen LogP contribution in [0.15, 0.2) is 52.1 Å². The SMILES string of the molecule is Cc1ccc(-n2nnnc2SCc2nc(-c3ccc(C(F)(F)F)cc3)no2)cc1C. The summed E-state index contributed by atoms with van der Waals surface area (Å²) < 4.78 is 44.9. The number of rotatable bonds is 5. The van der Waals surface area contributed by atoms with Crippen molar-refractivity contribution in [3.63, 3.8) is 0 Å². The van der Waals surface area contributed by atoms with E-state index in [1.54, 1.807) is 4.68 Å². The quantitative estimate of drug-likeness (QED) is 0.425. The average Bonchev–Trinajstić information content (AvgIpc) is 3.37. The number of alkyl halides is 3. The number of tetrazole rings is 1. The molecule has 4 rings (SSSR count). The minimum Gasteiger partial charge on any atom is -0.338 e. The lowest BCUT2D eigenvalue weighted by Crippen LogP contribution is -2.04. The Labute approximate surface area is 173 Å². The van der Waals surface area contributed by atoms with Crippen LogP contribution >= 0.6 is 11.8 Å². The number of thioether (sulfide) groups is 1. The van der Waals surface area contributed by atoms with E-state index in [0.717, 1.165) is 23.4 Å². The van der Waals surface area contributed by atoms with E-state index >= 15 is 0 Å².